The lowest BCUT2D eigenvalue weighted by Gasteiger charge is -2.09. The van der Waals surface area contributed by atoms with Gasteiger partial charge in [0.25, 0.3) is 5.91 Å². The molecule has 0 saturated heterocycles. The Balaban J connectivity index is 1.92. The summed E-state index contributed by atoms with van der Waals surface area (Å²) in [6, 6.07) is 9.60. The van der Waals surface area contributed by atoms with Crippen molar-refractivity contribution < 1.29 is 9.53 Å². The molecule has 106 valence electrons. The van der Waals surface area contributed by atoms with Crippen LogP contribution in [0, 0.1) is 0 Å². The second-order valence-corrected chi connectivity index (χ2v) is 5.89. The zero-order chi connectivity index (χ0) is 14.4. The second-order valence-electron chi connectivity index (χ2n) is 4.03. The molecule has 2 rings (SSSR count). The molecule has 0 aliphatic rings. The molecular weight excluding hydrogens is 340 g/mol. The van der Waals surface area contributed by atoms with Crippen molar-refractivity contribution in [1.82, 2.24) is 5.32 Å². The molecule has 4 nitrogen and oxygen atoms in total. The third-order valence-electron chi connectivity index (χ3n) is 2.63. The van der Waals surface area contributed by atoms with E-state index in [1.54, 1.807) is 18.4 Å². The summed E-state index contributed by atoms with van der Waals surface area (Å²) in [6.07, 6.45) is 0. The number of hydrogen-bond donors (Lipinski definition) is 2. The summed E-state index contributed by atoms with van der Waals surface area (Å²) in [4.78, 5) is 12.4. The van der Waals surface area contributed by atoms with Gasteiger partial charge in [0.15, 0.2) is 6.61 Å². The first-order chi connectivity index (χ1) is 9.69. The third kappa shape index (κ3) is 4.25. The molecule has 0 atom stereocenters. The Bertz CT molecular complexity index is 586. The highest BCUT2D eigenvalue weighted by Gasteiger charge is 2.03. The van der Waals surface area contributed by atoms with Crippen molar-refractivity contribution in [2.75, 3.05) is 19.0 Å². The zero-order valence-corrected chi connectivity index (χ0v) is 13.4. The van der Waals surface area contributed by atoms with E-state index in [2.05, 4.69) is 26.6 Å². The van der Waals surface area contributed by atoms with Crippen molar-refractivity contribution in [3.05, 3.63) is 45.1 Å². The smallest absolute Gasteiger partial charge is 0.257 e. The van der Waals surface area contributed by atoms with Crippen LogP contribution in [0.15, 0.2) is 40.2 Å². The highest BCUT2D eigenvalue weighted by atomic mass is 79.9. The summed E-state index contributed by atoms with van der Waals surface area (Å²) >= 11 is 5.20. The normalized spacial score (nSPS) is 10.1. The van der Waals surface area contributed by atoms with Gasteiger partial charge in [0.05, 0.1) is 6.54 Å². The Morgan fingerprint density at radius 1 is 1.40 bits per heavy atom. The van der Waals surface area contributed by atoms with Crippen LogP contribution in [0.2, 0.25) is 0 Å². The number of benzene rings is 1. The highest BCUT2D eigenvalue weighted by molar-refractivity contribution is 9.10. The average molecular weight is 355 g/mol. The van der Waals surface area contributed by atoms with Gasteiger partial charge in [-0.15, -0.1) is 11.3 Å². The Kier molecular flexibility index (Phi) is 5.43. The molecule has 2 N–H and O–H groups in total. The number of likely N-dealkylation sites (N-methyl/N-ethyl adjacent to an activating group) is 1. The number of nitrogens with one attached hydrogen (secondary N) is 2. The van der Waals surface area contributed by atoms with Gasteiger partial charge in [0.2, 0.25) is 0 Å². The van der Waals surface area contributed by atoms with Crippen LogP contribution in [0.25, 0.3) is 0 Å². The first-order valence-electron chi connectivity index (χ1n) is 6.08. The SMILES string of the molecule is CNC(=O)COc1cccc(NCc2sccc2Br)c1. The van der Waals surface area contributed by atoms with Crippen LogP contribution in [-0.2, 0) is 11.3 Å². The Hall–Kier alpha value is -1.53. The van der Waals surface area contributed by atoms with Crippen LogP contribution < -0.4 is 15.4 Å². The molecule has 1 aromatic heterocycles. The Morgan fingerprint density at radius 3 is 2.95 bits per heavy atom. The quantitative estimate of drug-likeness (QED) is 0.836. The van der Waals surface area contributed by atoms with E-state index in [9.17, 15) is 4.79 Å². The molecule has 0 radical (unpaired) electrons. The zero-order valence-electron chi connectivity index (χ0n) is 11.0. The van der Waals surface area contributed by atoms with Crippen molar-refractivity contribution in [3.8, 4) is 5.75 Å². The molecule has 0 spiro atoms. The fraction of sp³-hybridized carbons (Fsp3) is 0.214. The number of carbonyl (C=O) groups is 1. The van der Waals surface area contributed by atoms with Crippen molar-refractivity contribution >= 4 is 38.9 Å². The maximum Gasteiger partial charge on any atom is 0.257 e. The van der Waals surface area contributed by atoms with E-state index in [0.717, 1.165) is 16.7 Å². The lowest BCUT2D eigenvalue weighted by atomic mass is 10.3. The van der Waals surface area contributed by atoms with Gasteiger partial charge in [0.1, 0.15) is 5.75 Å². The summed E-state index contributed by atoms with van der Waals surface area (Å²) in [7, 11) is 1.59. The lowest BCUT2D eigenvalue weighted by Crippen LogP contribution is -2.24. The summed E-state index contributed by atoms with van der Waals surface area (Å²) in [5.41, 5.74) is 0.958. The number of ether oxygens (including phenoxy) is 1. The summed E-state index contributed by atoms with van der Waals surface area (Å²) < 4.78 is 6.51. The van der Waals surface area contributed by atoms with Crippen molar-refractivity contribution in [1.29, 1.82) is 0 Å². The standard InChI is InChI=1S/C14H15BrN2O2S/c1-16-14(18)9-19-11-4-2-3-10(7-11)17-8-13-12(15)5-6-20-13/h2-7,17H,8-9H2,1H3,(H,16,18). The van der Waals surface area contributed by atoms with Gasteiger partial charge >= 0.3 is 0 Å². The molecule has 1 amide bonds. The van der Waals surface area contributed by atoms with Crippen LogP contribution in [-0.4, -0.2) is 19.6 Å². The van der Waals surface area contributed by atoms with Crippen molar-refractivity contribution in [2.45, 2.75) is 6.54 Å². The molecular formula is C14H15BrN2O2S. The number of thiophene rings is 1. The van der Waals surface area contributed by atoms with Gasteiger partial charge in [-0.05, 0) is 39.5 Å². The fourth-order valence-corrected chi connectivity index (χ4v) is 2.98. The van der Waals surface area contributed by atoms with Crippen LogP contribution in [0.3, 0.4) is 0 Å². The number of amides is 1. The highest BCUT2D eigenvalue weighted by Crippen LogP contribution is 2.24. The van der Waals surface area contributed by atoms with E-state index in [1.165, 1.54) is 4.88 Å². The maximum atomic E-state index is 11.1. The number of anilines is 1. The van der Waals surface area contributed by atoms with Crippen LogP contribution in [0.4, 0.5) is 5.69 Å². The lowest BCUT2D eigenvalue weighted by molar-refractivity contribution is -0.122. The van der Waals surface area contributed by atoms with E-state index >= 15 is 0 Å². The molecule has 0 aliphatic heterocycles. The largest absolute Gasteiger partial charge is 0.484 e. The van der Waals surface area contributed by atoms with Gasteiger partial charge < -0.3 is 15.4 Å². The second kappa shape index (κ2) is 7.31. The first-order valence-corrected chi connectivity index (χ1v) is 7.75. The van der Waals surface area contributed by atoms with Gasteiger partial charge in [-0.2, -0.15) is 0 Å². The van der Waals surface area contributed by atoms with Crippen LogP contribution >= 0.6 is 27.3 Å². The minimum Gasteiger partial charge on any atom is -0.484 e. The fourth-order valence-electron chi connectivity index (χ4n) is 1.55. The molecule has 1 aromatic carbocycles. The molecule has 0 unspecified atom stereocenters. The molecule has 0 bridgehead atoms. The topological polar surface area (TPSA) is 50.4 Å². The molecule has 0 aliphatic carbocycles. The molecule has 1 heterocycles. The molecule has 2 aromatic rings. The summed E-state index contributed by atoms with van der Waals surface area (Å²) in [5.74, 6) is 0.523. The Labute approximate surface area is 130 Å². The third-order valence-corrected chi connectivity index (χ3v) is 4.55. The summed E-state index contributed by atoms with van der Waals surface area (Å²) in [6.45, 7) is 0.771. The number of hydrogen-bond acceptors (Lipinski definition) is 4. The maximum absolute atomic E-state index is 11.1. The monoisotopic (exact) mass is 354 g/mol. The van der Waals surface area contributed by atoms with E-state index in [1.807, 2.05) is 35.7 Å². The molecule has 0 fully saturated rings. The number of carbonyl (C=O) groups excluding carboxylic acids is 1. The van der Waals surface area contributed by atoms with Gasteiger partial charge in [-0.1, -0.05) is 6.07 Å². The van der Waals surface area contributed by atoms with Crippen LogP contribution in [0.1, 0.15) is 4.88 Å². The average Bonchev–Trinajstić information content (AvgIpc) is 2.88. The van der Waals surface area contributed by atoms with E-state index < -0.39 is 0 Å². The molecule has 6 heteroatoms. The van der Waals surface area contributed by atoms with Crippen LogP contribution in [0.5, 0.6) is 5.75 Å². The van der Waals surface area contributed by atoms with Crippen molar-refractivity contribution in [3.63, 3.8) is 0 Å². The van der Waals surface area contributed by atoms with E-state index in [4.69, 9.17) is 4.74 Å². The minimum absolute atomic E-state index is 0.0242. The minimum atomic E-state index is -0.147. The number of halogens is 1. The Morgan fingerprint density at radius 2 is 2.25 bits per heavy atom. The van der Waals surface area contributed by atoms with E-state index in [-0.39, 0.29) is 12.5 Å². The predicted molar refractivity (Wildman–Crippen MR) is 85.3 cm³/mol. The number of rotatable bonds is 6. The van der Waals surface area contributed by atoms with Gasteiger partial charge in [0, 0.05) is 28.2 Å². The first kappa shape index (κ1) is 14.9. The van der Waals surface area contributed by atoms with E-state index in [0.29, 0.717) is 5.75 Å². The van der Waals surface area contributed by atoms with Crippen molar-refractivity contribution in [2.24, 2.45) is 0 Å². The molecule has 20 heavy (non-hydrogen) atoms. The van der Waals surface area contributed by atoms with Gasteiger partial charge in [-0.3, -0.25) is 4.79 Å². The van der Waals surface area contributed by atoms with Gasteiger partial charge in [-0.25, -0.2) is 0 Å². The predicted octanol–water partition coefficient (Wildman–Crippen LogP) is 3.25. The molecule has 0 saturated carbocycles. The summed E-state index contributed by atoms with van der Waals surface area (Å²) in [5, 5.41) is 7.89.